The lowest BCUT2D eigenvalue weighted by Crippen LogP contribution is -2.62. The van der Waals surface area contributed by atoms with E-state index in [2.05, 4.69) is 47.1 Å². The summed E-state index contributed by atoms with van der Waals surface area (Å²) in [6, 6.07) is 2.18. The SMILES string of the molecule is C=CC(=O)N1CCC(n2nc(N3CCN(C(C)=O)C[C@]3(C)CC)c(-c3c(Cl)c(C)cc4[nH]ncc34)c2C)CC1. The number of nitrogens with zero attached hydrogens (tertiary/aromatic N) is 6. The number of benzene rings is 1. The minimum Gasteiger partial charge on any atom is -0.346 e. The first-order chi connectivity index (χ1) is 18.6. The molecular formula is C29H38ClN7O2. The molecule has 0 aliphatic carbocycles. The van der Waals surface area contributed by atoms with Gasteiger partial charge in [-0.3, -0.25) is 19.4 Å². The van der Waals surface area contributed by atoms with Gasteiger partial charge in [0.1, 0.15) is 0 Å². The molecule has 0 saturated carbocycles. The summed E-state index contributed by atoms with van der Waals surface area (Å²) < 4.78 is 2.15. The average Bonchev–Trinajstić information content (AvgIpc) is 3.53. The van der Waals surface area contributed by atoms with Gasteiger partial charge in [0, 0.05) is 61.9 Å². The highest BCUT2D eigenvalue weighted by Crippen LogP contribution is 2.46. The summed E-state index contributed by atoms with van der Waals surface area (Å²) in [4.78, 5) is 30.7. The van der Waals surface area contributed by atoms with E-state index < -0.39 is 0 Å². The third-order valence-electron chi connectivity index (χ3n) is 8.78. The molecule has 2 aliphatic heterocycles. The number of aromatic nitrogens is 4. The summed E-state index contributed by atoms with van der Waals surface area (Å²) in [5.41, 5.74) is 4.59. The number of aryl methyl sites for hydroxylation is 1. The zero-order valence-electron chi connectivity index (χ0n) is 23.6. The Morgan fingerprint density at radius 2 is 1.90 bits per heavy atom. The number of likely N-dealkylation sites (tertiary alicyclic amines) is 1. The molecule has 1 aromatic carbocycles. The number of hydrogen-bond donors (Lipinski definition) is 1. The zero-order chi connectivity index (χ0) is 28.1. The Labute approximate surface area is 234 Å². The van der Waals surface area contributed by atoms with E-state index in [1.165, 1.54) is 6.08 Å². The van der Waals surface area contributed by atoms with Gasteiger partial charge in [-0.25, -0.2) is 0 Å². The zero-order valence-corrected chi connectivity index (χ0v) is 24.3. The van der Waals surface area contributed by atoms with Crippen molar-refractivity contribution in [3.8, 4) is 11.1 Å². The fourth-order valence-corrected chi connectivity index (χ4v) is 6.50. The molecule has 2 saturated heterocycles. The maximum atomic E-state index is 12.3. The first-order valence-corrected chi connectivity index (χ1v) is 14.1. The van der Waals surface area contributed by atoms with Gasteiger partial charge in [0.2, 0.25) is 11.8 Å². The van der Waals surface area contributed by atoms with E-state index in [0.717, 1.165) is 58.4 Å². The first-order valence-electron chi connectivity index (χ1n) is 13.8. The molecule has 5 rings (SSSR count). The molecule has 3 aromatic rings. The van der Waals surface area contributed by atoms with Crippen molar-refractivity contribution in [3.05, 3.63) is 41.2 Å². The van der Waals surface area contributed by atoms with E-state index >= 15 is 0 Å². The monoisotopic (exact) mass is 551 g/mol. The number of piperidine rings is 1. The van der Waals surface area contributed by atoms with Crippen LogP contribution in [-0.4, -0.2) is 79.9 Å². The minimum atomic E-state index is -0.296. The maximum absolute atomic E-state index is 12.3. The number of H-pyrrole nitrogens is 1. The van der Waals surface area contributed by atoms with Gasteiger partial charge in [0.05, 0.1) is 28.3 Å². The van der Waals surface area contributed by atoms with Crippen LogP contribution < -0.4 is 4.90 Å². The van der Waals surface area contributed by atoms with Crippen LogP contribution in [0, 0.1) is 13.8 Å². The van der Waals surface area contributed by atoms with Gasteiger partial charge in [0.25, 0.3) is 0 Å². The summed E-state index contributed by atoms with van der Waals surface area (Å²) in [6.45, 7) is 17.1. The number of hydrogen-bond acceptors (Lipinski definition) is 5. The topological polar surface area (TPSA) is 90.4 Å². The van der Waals surface area contributed by atoms with E-state index in [1.807, 2.05) is 29.0 Å². The second-order valence-electron chi connectivity index (χ2n) is 11.1. The molecule has 2 aliphatic rings. The van der Waals surface area contributed by atoms with Crippen molar-refractivity contribution in [2.24, 2.45) is 0 Å². The van der Waals surface area contributed by atoms with Crippen LogP contribution in [0.4, 0.5) is 5.82 Å². The molecule has 208 valence electrons. The average molecular weight is 552 g/mol. The fourth-order valence-electron chi connectivity index (χ4n) is 6.24. The lowest BCUT2D eigenvalue weighted by molar-refractivity contribution is -0.130. The Morgan fingerprint density at radius 1 is 1.18 bits per heavy atom. The number of fused-ring (bicyclic) bond motifs is 1. The lowest BCUT2D eigenvalue weighted by atomic mass is 9.91. The van der Waals surface area contributed by atoms with E-state index in [9.17, 15) is 9.59 Å². The van der Waals surface area contributed by atoms with Crippen molar-refractivity contribution in [1.82, 2.24) is 29.8 Å². The van der Waals surface area contributed by atoms with Crippen LogP contribution in [0.2, 0.25) is 5.02 Å². The highest BCUT2D eigenvalue weighted by molar-refractivity contribution is 6.36. The van der Waals surface area contributed by atoms with E-state index in [1.54, 1.807) is 6.92 Å². The highest BCUT2D eigenvalue weighted by atomic mass is 35.5. The Bertz CT molecular complexity index is 1430. The third kappa shape index (κ3) is 4.60. The number of carbonyl (C=O) groups excluding carboxylic acids is 2. The van der Waals surface area contributed by atoms with E-state index in [4.69, 9.17) is 16.7 Å². The van der Waals surface area contributed by atoms with Crippen molar-refractivity contribution in [1.29, 1.82) is 0 Å². The maximum Gasteiger partial charge on any atom is 0.245 e. The summed E-state index contributed by atoms with van der Waals surface area (Å²) in [5.74, 6) is 0.960. The summed E-state index contributed by atoms with van der Waals surface area (Å²) in [6.07, 6.45) is 5.70. The van der Waals surface area contributed by atoms with Crippen molar-refractivity contribution in [2.45, 2.75) is 65.5 Å². The molecule has 2 amide bonds. The number of rotatable bonds is 5. The molecule has 1 atom stereocenters. The second-order valence-corrected chi connectivity index (χ2v) is 11.5. The number of aromatic amines is 1. The normalized spacial score (nSPS) is 20.6. The molecule has 9 nitrogen and oxygen atoms in total. The molecule has 0 bridgehead atoms. The van der Waals surface area contributed by atoms with Gasteiger partial charge in [0.15, 0.2) is 5.82 Å². The standard InChI is InChI=1S/C29H38ClN7O2/c1-7-24(39)34-11-9-21(10-12-34)37-19(4)25(26-22-16-31-32-23(22)15-18(3)27(26)30)28(33-37)36-14-13-35(20(5)38)17-29(36,6)8-2/h7,15-16,21H,1,8-14,17H2,2-6H3,(H,31,32)/t29-/m0/s1. The van der Waals surface area contributed by atoms with E-state index in [-0.39, 0.29) is 23.4 Å². The minimum absolute atomic E-state index is 0.0250. The van der Waals surface area contributed by atoms with Crippen molar-refractivity contribution in [2.75, 3.05) is 37.6 Å². The van der Waals surface area contributed by atoms with Crippen LogP contribution >= 0.6 is 11.6 Å². The van der Waals surface area contributed by atoms with Crippen LogP contribution in [0.5, 0.6) is 0 Å². The lowest BCUT2D eigenvalue weighted by Gasteiger charge is -2.49. The number of amides is 2. The smallest absolute Gasteiger partial charge is 0.245 e. The van der Waals surface area contributed by atoms with Crippen LogP contribution in [0.25, 0.3) is 22.0 Å². The van der Waals surface area contributed by atoms with Crippen LogP contribution in [0.15, 0.2) is 24.9 Å². The fraction of sp³-hybridized carbons (Fsp3) is 0.517. The molecular weight excluding hydrogens is 514 g/mol. The highest BCUT2D eigenvalue weighted by Gasteiger charge is 2.41. The predicted octanol–water partition coefficient (Wildman–Crippen LogP) is 4.88. The van der Waals surface area contributed by atoms with Gasteiger partial charge in [-0.05, 0) is 57.7 Å². The summed E-state index contributed by atoms with van der Waals surface area (Å²) >= 11 is 7.08. The second kappa shape index (κ2) is 10.3. The van der Waals surface area contributed by atoms with E-state index in [0.29, 0.717) is 37.7 Å². The number of halogens is 1. The molecule has 4 heterocycles. The Morgan fingerprint density at radius 3 is 2.54 bits per heavy atom. The molecule has 2 aromatic heterocycles. The third-order valence-corrected chi connectivity index (χ3v) is 9.27. The Balaban J connectivity index is 1.67. The summed E-state index contributed by atoms with van der Waals surface area (Å²) in [5, 5.41) is 14.4. The van der Waals surface area contributed by atoms with Crippen LogP contribution in [-0.2, 0) is 9.59 Å². The van der Waals surface area contributed by atoms with Gasteiger partial charge in [-0.1, -0.05) is 25.1 Å². The van der Waals surface area contributed by atoms with Crippen molar-refractivity contribution in [3.63, 3.8) is 0 Å². The largest absolute Gasteiger partial charge is 0.346 e. The quantitative estimate of drug-likeness (QED) is 0.456. The molecule has 0 unspecified atom stereocenters. The van der Waals surface area contributed by atoms with Gasteiger partial charge in [-0.2, -0.15) is 10.2 Å². The Kier molecular flexibility index (Phi) is 7.22. The number of carbonyl (C=O) groups is 2. The van der Waals surface area contributed by atoms with Gasteiger partial charge >= 0.3 is 0 Å². The van der Waals surface area contributed by atoms with Crippen molar-refractivity contribution < 1.29 is 9.59 Å². The number of piperazine rings is 1. The first kappa shape index (κ1) is 27.2. The van der Waals surface area contributed by atoms with Crippen LogP contribution in [0.1, 0.15) is 57.3 Å². The molecule has 1 N–H and O–H groups in total. The molecule has 39 heavy (non-hydrogen) atoms. The Hall–Kier alpha value is -3.33. The molecule has 2 fully saturated rings. The number of nitrogens with one attached hydrogen (secondary N) is 1. The van der Waals surface area contributed by atoms with Gasteiger partial charge < -0.3 is 14.7 Å². The predicted molar refractivity (Wildman–Crippen MR) is 155 cm³/mol. The molecule has 0 spiro atoms. The van der Waals surface area contributed by atoms with Gasteiger partial charge in [-0.15, -0.1) is 0 Å². The molecule has 0 radical (unpaired) electrons. The summed E-state index contributed by atoms with van der Waals surface area (Å²) in [7, 11) is 0. The number of anilines is 1. The van der Waals surface area contributed by atoms with Crippen LogP contribution in [0.3, 0.4) is 0 Å². The molecule has 10 heteroatoms. The van der Waals surface area contributed by atoms with Crippen molar-refractivity contribution >= 4 is 40.1 Å².